The Hall–Kier alpha value is -1.88. The Labute approximate surface area is 119 Å². The first-order valence-electron chi connectivity index (χ1n) is 6.88. The van der Waals surface area contributed by atoms with Crippen LogP contribution >= 0.6 is 0 Å². The van der Waals surface area contributed by atoms with E-state index < -0.39 is 0 Å². The van der Waals surface area contributed by atoms with E-state index in [2.05, 4.69) is 10.1 Å². The second-order valence-electron chi connectivity index (χ2n) is 4.99. The summed E-state index contributed by atoms with van der Waals surface area (Å²) in [6, 6.07) is 6.17. The zero-order chi connectivity index (χ0) is 14.5. The standard InChI is InChI=1S/C15H21N3O2/c1-4-14-17-13(18-20-14)9-19-15-10(2)6-5-7-12(15)8-11(3)16/h5-7,11H,4,8-9,16H2,1-3H3. The Balaban J connectivity index is 2.11. The van der Waals surface area contributed by atoms with Crippen LogP contribution in [-0.2, 0) is 19.4 Å². The van der Waals surface area contributed by atoms with Gasteiger partial charge >= 0.3 is 0 Å². The number of nitrogens with zero attached hydrogens (tertiary/aromatic N) is 2. The fraction of sp³-hybridized carbons (Fsp3) is 0.467. The van der Waals surface area contributed by atoms with E-state index in [1.165, 1.54) is 0 Å². The second-order valence-corrected chi connectivity index (χ2v) is 4.99. The monoisotopic (exact) mass is 275 g/mol. The van der Waals surface area contributed by atoms with Gasteiger partial charge in [-0.2, -0.15) is 4.98 Å². The maximum atomic E-state index is 5.88. The Bertz CT molecular complexity index is 564. The predicted octanol–water partition coefficient (Wildman–Crippen LogP) is 2.41. The molecule has 2 N–H and O–H groups in total. The molecule has 1 aromatic heterocycles. The summed E-state index contributed by atoms with van der Waals surface area (Å²) in [5.74, 6) is 2.06. The van der Waals surface area contributed by atoms with Crippen molar-refractivity contribution in [3.63, 3.8) is 0 Å². The predicted molar refractivity (Wildman–Crippen MR) is 76.5 cm³/mol. The average molecular weight is 275 g/mol. The van der Waals surface area contributed by atoms with Crippen molar-refractivity contribution in [2.24, 2.45) is 5.73 Å². The van der Waals surface area contributed by atoms with Crippen LogP contribution in [0.1, 0.15) is 36.7 Å². The molecule has 5 heteroatoms. The summed E-state index contributed by atoms with van der Waals surface area (Å²) in [4.78, 5) is 4.24. The highest BCUT2D eigenvalue weighted by Crippen LogP contribution is 2.25. The van der Waals surface area contributed by atoms with Crippen molar-refractivity contribution < 1.29 is 9.26 Å². The first-order valence-corrected chi connectivity index (χ1v) is 6.88. The van der Waals surface area contributed by atoms with Gasteiger partial charge in [0, 0.05) is 12.5 Å². The molecule has 0 saturated carbocycles. The topological polar surface area (TPSA) is 74.2 Å². The van der Waals surface area contributed by atoms with Crippen LogP contribution < -0.4 is 10.5 Å². The van der Waals surface area contributed by atoms with E-state index in [4.69, 9.17) is 15.0 Å². The van der Waals surface area contributed by atoms with Crippen molar-refractivity contribution in [3.05, 3.63) is 41.0 Å². The zero-order valence-corrected chi connectivity index (χ0v) is 12.2. The largest absolute Gasteiger partial charge is 0.485 e. The minimum absolute atomic E-state index is 0.0935. The molecule has 0 spiro atoms. The third kappa shape index (κ3) is 3.57. The molecule has 0 aliphatic carbocycles. The number of rotatable bonds is 6. The number of ether oxygens (including phenoxy) is 1. The van der Waals surface area contributed by atoms with Crippen LogP contribution in [0, 0.1) is 6.92 Å². The number of aryl methyl sites for hydroxylation is 2. The van der Waals surface area contributed by atoms with Gasteiger partial charge in [0.1, 0.15) is 5.75 Å². The molecule has 0 saturated heterocycles. The van der Waals surface area contributed by atoms with Gasteiger partial charge in [0.25, 0.3) is 0 Å². The van der Waals surface area contributed by atoms with E-state index in [0.29, 0.717) is 18.3 Å². The Morgan fingerprint density at radius 3 is 2.85 bits per heavy atom. The normalized spacial score (nSPS) is 12.4. The SMILES string of the molecule is CCc1nc(COc2c(C)cccc2CC(C)N)no1. The van der Waals surface area contributed by atoms with Crippen molar-refractivity contribution in [1.82, 2.24) is 10.1 Å². The summed E-state index contributed by atoms with van der Waals surface area (Å²) >= 11 is 0. The van der Waals surface area contributed by atoms with Gasteiger partial charge in [0.15, 0.2) is 6.61 Å². The van der Waals surface area contributed by atoms with Crippen molar-refractivity contribution in [1.29, 1.82) is 0 Å². The van der Waals surface area contributed by atoms with Gasteiger partial charge in [-0.1, -0.05) is 30.3 Å². The summed E-state index contributed by atoms with van der Waals surface area (Å²) in [5.41, 5.74) is 8.07. The van der Waals surface area contributed by atoms with E-state index in [0.717, 1.165) is 29.7 Å². The quantitative estimate of drug-likeness (QED) is 0.876. The third-order valence-electron chi connectivity index (χ3n) is 2.99. The zero-order valence-electron chi connectivity index (χ0n) is 12.2. The molecule has 0 bridgehead atoms. The fourth-order valence-corrected chi connectivity index (χ4v) is 2.06. The van der Waals surface area contributed by atoms with Crippen LogP contribution in [0.5, 0.6) is 5.75 Å². The maximum Gasteiger partial charge on any atom is 0.226 e. The van der Waals surface area contributed by atoms with Gasteiger partial charge in [-0.25, -0.2) is 0 Å². The van der Waals surface area contributed by atoms with Crippen LogP contribution in [0.3, 0.4) is 0 Å². The molecule has 5 nitrogen and oxygen atoms in total. The second kappa shape index (κ2) is 6.52. The molecule has 0 aliphatic rings. The highest BCUT2D eigenvalue weighted by molar-refractivity contribution is 5.41. The summed E-state index contributed by atoms with van der Waals surface area (Å²) in [5, 5.41) is 3.89. The molecular formula is C15H21N3O2. The summed E-state index contributed by atoms with van der Waals surface area (Å²) in [6.07, 6.45) is 1.51. The van der Waals surface area contributed by atoms with Crippen LogP contribution in [0.25, 0.3) is 0 Å². The van der Waals surface area contributed by atoms with E-state index in [9.17, 15) is 0 Å². The molecule has 1 aromatic carbocycles. The maximum absolute atomic E-state index is 5.88. The van der Waals surface area contributed by atoms with Gasteiger partial charge in [-0.05, 0) is 31.4 Å². The fourth-order valence-electron chi connectivity index (χ4n) is 2.06. The number of nitrogens with two attached hydrogens (primary N) is 1. The lowest BCUT2D eigenvalue weighted by Gasteiger charge is -2.14. The lowest BCUT2D eigenvalue weighted by molar-refractivity contribution is 0.280. The average Bonchev–Trinajstić information content (AvgIpc) is 2.85. The van der Waals surface area contributed by atoms with Crippen molar-refractivity contribution in [3.8, 4) is 5.75 Å². The van der Waals surface area contributed by atoms with E-state index in [1.807, 2.05) is 39.0 Å². The summed E-state index contributed by atoms with van der Waals surface area (Å²) < 4.78 is 10.9. The highest BCUT2D eigenvalue weighted by atomic mass is 16.5. The summed E-state index contributed by atoms with van der Waals surface area (Å²) in [6.45, 7) is 6.28. The summed E-state index contributed by atoms with van der Waals surface area (Å²) in [7, 11) is 0. The van der Waals surface area contributed by atoms with E-state index in [-0.39, 0.29) is 6.04 Å². The van der Waals surface area contributed by atoms with Gasteiger partial charge in [0.05, 0.1) is 0 Å². The number of benzene rings is 1. The lowest BCUT2D eigenvalue weighted by Crippen LogP contribution is -2.18. The van der Waals surface area contributed by atoms with Crippen LogP contribution in [0.4, 0.5) is 0 Å². The minimum Gasteiger partial charge on any atom is -0.485 e. The van der Waals surface area contributed by atoms with Crippen LogP contribution in [0.2, 0.25) is 0 Å². The molecule has 0 radical (unpaired) electrons. The molecule has 0 amide bonds. The number of para-hydroxylation sites is 1. The van der Waals surface area contributed by atoms with Gasteiger partial charge in [-0.15, -0.1) is 0 Å². The van der Waals surface area contributed by atoms with E-state index >= 15 is 0 Å². The molecule has 0 fully saturated rings. The Morgan fingerprint density at radius 1 is 1.40 bits per heavy atom. The Morgan fingerprint density at radius 2 is 2.20 bits per heavy atom. The smallest absolute Gasteiger partial charge is 0.226 e. The number of aromatic nitrogens is 2. The number of hydrogen-bond acceptors (Lipinski definition) is 5. The van der Waals surface area contributed by atoms with Crippen LogP contribution in [-0.4, -0.2) is 16.2 Å². The Kier molecular flexibility index (Phi) is 4.74. The molecule has 1 unspecified atom stereocenters. The van der Waals surface area contributed by atoms with Gasteiger partial charge in [-0.3, -0.25) is 0 Å². The van der Waals surface area contributed by atoms with Gasteiger partial charge in [0.2, 0.25) is 11.7 Å². The molecule has 2 aromatic rings. The molecular weight excluding hydrogens is 254 g/mol. The van der Waals surface area contributed by atoms with Crippen molar-refractivity contribution >= 4 is 0 Å². The van der Waals surface area contributed by atoms with E-state index in [1.54, 1.807) is 0 Å². The number of hydrogen-bond donors (Lipinski definition) is 1. The molecule has 1 heterocycles. The highest BCUT2D eigenvalue weighted by Gasteiger charge is 2.11. The van der Waals surface area contributed by atoms with Crippen LogP contribution in [0.15, 0.2) is 22.7 Å². The third-order valence-corrected chi connectivity index (χ3v) is 2.99. The van der Waals surface area contributed by atoms with Gasteiger partial charge < -0.3 is 15.0 Å². The molecule has 1 atom stereocenters. The molecule has 0 aliphatic heterocycles. The first-order chi connectivity index (χ1) is 9.60. The minimum atomic E-state index is 0.0935. The van der Waals surface area contributed by atoms with Crippen molar-refractivity contribution in [2.45, 2.75) is 46.3 Å². The molecule has 108 valence electrons. The molecule has 2 rings (SSSR count). The first kappa shape index (κ1) is 14.5. The van der Waals surface area contributed by atoms with Crippen molar-refractivity contribution in [2.75, 3.05) is 0 Å². The lowest BCUT2D eigenvalue weighted by atomic mass is 10.0. The molecule has 20 heavy (non-hydrogen) atoms.